The van der Waals surface area contributed by atoms with E-state index in [1.54, 1.807) is 61.1 Å². The van der Waals surface area contributed by atoms with E-state index in [4.69, 9.17) is 4.42 Å². The van der Waals surface area contributed by atoms with Gasteiger partial charge in [-0.15, -0.1) is 0 Å². The molecular weight excluding hydrogens is 332 g/mol. The summed E-state index contributed by atoms with van der Waals surface area (Å²) in [5, 5.41) is 9.84. The van der Waals surface area contributed by atoms with Crippen molar-refractivity contribution in [1.29, 1.82) is 0 Å². The predicted molar refractivity (Wildman–Crippen MR) is 98.4 cm³/mol. The predicted octanol–water partition coefficient (Wildman–Crippen LogP) is 3.62. The molecule has 2 heterocycles. The Balaban J connectivity index is 1.64. The van der Waals surface area contributed by atoms with Crippen LogP contribution in [0.15, 0.2) is 47.0 Å². The van der Waals surface area contributed by atoms with E-state index in [0.29, 0.717) is 34.9 Å². The number of anilines is 2. The summed E-state index contributed by atoms with van der Waals surface area (Å²) >= 11 is 0. The summed E-state index contributed by atoms with van der Waals surface area (Å²) < 4.78 is 7.01. The Morgan fingerprint density at radius 3 is 2.12 bits per heavy atom. The molecule has 26 heavy (non-hydrogen) atoms. The molecule has 0 aliphatic carbocycles. The maximum atomic E-state index is 12.4. The van der Waals surface area contributed by atoms with Crippen molar-refractivity contribution in [2.24, 2.45) is 0 Å². The van der Waals surface area contributed by atoms with Crippen molar-refractivity contribution in [3.05, 3.63) is 65.4 Å². The van der Waals surface area contributed by atoms with Gasteiger partial charge in [-0.1, -0.05) is 0 Å². The average Bonchev–Trinajstić information content (AvgIpc) is 3.22. The first kappa shape index (κ1) is 17.5. The molecule has 2 amide bonds. The van der Waals surface area contributed by atoms with Gasteiger partial charge in [-0.05, 0) is 57.2 Å². The molecular formula is C19H20N4O3. The number of nitrogens with one attached hydrogen (secondary N) is 2. The van der Waals surface area contributed by atoms with E-state index in [2.05, 4.69) is 15.7 Å². The second kappa shape index (κ2) is 7.26. The lowest BCUT2D eigenvalue weighted by Gasteiger charge is -2.07. The van der Waals surface area contributed by atoms with E-state index < -0.39 is 0 Å². The SMILES string of the molecule is CCn1cc(C(=O)Nc2ccc(NC(=O)c3ccc(C)o3)cc2)c(C)n1. The number of hydrogen-bond donors (Lipinski definition) is 2. The lowest BCUT2D eigenvalue weighted by Crippen LogP contribution is -2.13. The normalized spacial score (nSPS) is 10.6. The number of carbonyl (C=O) groups excluding carboxylic acids is 2. The molecule has 0 saturated heterocycles. The van der Waals surface area contributed by atoms with Crippen LogP contribution >= 0.6 is 0 Å². The van der Waals surface area contributed by atoms with Crippen LogP contribution in [-0.2, 0) is 6.54 Å². The van der Waals surface area contributed by atoms with Crippen molar-refractivity contribution in [2.75, 3.05) is 10.6 Å². The van der Waals surface area contributed by atoms with Crippen molar-refractivity contribution in [2.45, 2.75) is 27.3 Å². The first-order valence-electron chi connectivity index (χ1n) is 8.29. The Hall–Kier alpha value is -3.35. The largest absolute Gasteiger partial charge is 0.456 e. The quantitative estimate of drug-likeness (QED) is 0.734. The van der Waals surface area contributed by atoms with Crippen molar-refractivity contribution in [3.63, 3.8) is 0 Å². The van der Waals surface area contributed by atoms with Gasteiger partial charge >= 0.3 is 0 Å². The number of furan rings is 1. The summed E-state index contributed by atoms with van der Waals surface area (Å²) in [6, 6.07) is 10.2. The number of hydrogen-bond acceptors (Lipinski definition) is 4. The van der Waals surface area contributed by atoms with Gasteiger partial charge in [0.25, 0.3) is 11.8 Å². The fourth-order valence-electron chi connectivity index (χ4n) is 2.49. The van der Waals surface area contributed by atoms with Crippen LogP contribution in [0.5, 0.6) is 0 Å². The Kier molecular flexibility index (Phi) is 4.88. The Morgan fingerprint density at radius 1 is 1.00 bits per heavy atom. The third-order valence-corrected chi connectivity index (χ3v) is 3.88. The van der Waals surface area contributed by atoms with Crippen LogP contribution in [0.1, 0.15) is 39.3 Å². The summed E-state index contributed by atoms with van der Waals surface area (Å²) in [6.07, 6.45) is 1.73. The summed E-state index contributed by atoms with van der Waals surface area (Å²) in [4.78, 5) is 24.4. The second-order valence-electron chi connectivity index (χ2n) is 5.88. The fourth-order valence-corrected chi connectivity index (χ4v) is 2.49. The highest BCUT2D eigenvalue weighted by atomic mass is 16.3. The van der Waals surface area contributed by atoms with Gasteiger partial charge in [0.15, 0.2) is 5.76 Å². The number of nitrogens with zero attached hydrogens (tertiary/aromatic N) is 2. The van der Waals surface area contributed by atoms with Gasteiger partial charge in [0, 0.05) is 24.1 Å². The topological polar surface area (TPSA) is 89.2 Å². The van der Waals surface area contributed by atoms with Gasteiger partial charge in [-0.25, -0.2) is 0 Å². The fraction of sp³-hybridized carbons (Fsp3) is 0.211. The molecule has 0 radical (unpaired) electrons. The van der Waals surface area contributed by atoms with Crippen molar-refractivity contribution in [3.8, 4) is 0 Å². The molecule has 0 atom stereocenters. The average molecular weight is 352 g/mol. The van der Waals surface area contributed by atoms with E-state index in [1.165, 1.54) is 0 Å². The van der Waals surface area contributed by atoms with Crippen LogP contribution in [0, 0.1) is 13.8 Å². The molecule has 0 saturated carbocycles. The van der Waals surface area contributed by atoms with E-state index >= 15 is 0 Å². The van der Waals surface area contributed by atoms with Gasteiger partial charge in [0.2, 0.25) is 0 Å². The zero-order valence-corrected chi connectivity index (χ0v) is 14.9. The highest BCUT2D eigenvalue weighted by Crippen LogP contribution is 2.17. The number of amides is 2. The number of rotatable bonds is 5. The smallest absolute Gasteiger partial charge is 0.291 e. The summed E-state index contributed by atoms with van der Waals surface area (Å²) in [5.74, 6) is 0.390. The molecule has 1 aromatic carbocycles. The molecule has 0 bridgehead atoms. The molecule has 2 aromatic heterocycles. The molecule has 0 spiro atoms. The van der Waals surface area contributed by atoms with E-state index in [9.17, 15) is 9.59 Å². The van der Waals surface area contributed by atoms with Gasteiger partial charge in [0.1, 0.15) is 5.76 Å². The maximum absolute atomic E-state index is 12.4. The molecule has 0 unspecified atom stereocenters. The van der Waals surface area contributed by atoms with Crippen molar-refractivity contribution < 1.29 is 14.0 Å². The Bertz CT molecular complexity index is 938. The van der Waals surface area contributed by atoms with E-state index in [1.807, 2.05) is 6.92 Å². The molecule has 134 valence electrons. The van der Waals surface area contributed by atoms with E-state index in [-0.39, 0.29) is 17.6 Å². The Morgan fingerprint density at radius 2 is 1.62 bits per heavy atom. The minimum Gasteiger partial charge on any atom is -0.456 e. The zero-order chi connectivity index (χ0) is 18.7. The van der Waals surface area contributed by atoms with Gasteiger partial charge in [-0.2, -0.15) is 5.10 Å². The summed E-state index contributed by atoms with van der Waals surface area (Å²) in [6.45, 7) is 6.25. The first-order chi connectivity index (χ1) is 12.5. The van der Waals surface area contributed by atoms with Crippen LogP contribution in [0.4, 0.5) is 11.4 Å². The zero-order valence-electron chi connectivity index (χ0n) is 14.9. The van der Waals surface area contributed by atoms with E-state index in [0.717, 1.165) is 0 Å². The third-order valence-electron chi connectivity index (χ3n) is 3.88. The number of carbonyl (C=O) groups is 2. The van der Waals surface area contributed by atoms with Crippen LogP contribution in [0.25, 0.3) is 0 Å². The molecule has 7 heteroatoms. The van der Waals surface area contributed by atoms with Crippen molar-refractivity contribution >= 4 is 23.2 Å². The van der Waals surface area contributed by atoms with Gasteiger partial charge in [0.05, 0.1) is 11.3 Å². The molecule has 2 N–H and O–H groups in total. The van der Waals surface area contributed by atoms with Gasteiger partial charge in [-0.3, -0.25) is 14.3 Å². The van der Waals surface area contributed by atoms with Crippen LogP contribution < -0.4 is 10.6 Å². The third kappa shape index (κ3) is 3.83. The molecule has 3 rings (SSSR count). The summed E-state index contributed by atoms with van der Waals surface area (Å²) in [7, 11) is 0. The number of benzene rings is 1. The number of aromatic nitrogens is 2. The Labute approximate surface area is 151 Å². The van der Waals surface area contributed by atoms with Gasteiger partial charge < -0.3 is 15.1 Å². The standard InChI is InChI=1S/C19H20N4O3/c1-4-23-11-16(13(3)22-23)18(24)20-14-6-8-15(9-7-14)21-19(25)17-10-5-12(2)26-17/h5-11H,4H2,1-3H3,(H,20,24)(H,21,25). The second-order valence-corrected chi connectivity index (χ2v) is 5.88. The molecule has 0 fully saturated rings. The molecule has 0 aliphatic rings. The molecule has 0 aliphatic heterocycles. The highest BCUT2D eigenvalue weighted by molar-refractivity contribution is 6.05. The maximum Gasteiger partial charge on any atom is 0.291 e. The monoisotopic (exact) mass is 352 g/mol. The highest BCUT2D eigenvalue weighted by Gasteiger charge is 2.14. The minimum absolute atomic E-state index is 0.218. The van der Waals surface area contributed by atoms with Crippen LogP contribution in [-0.4, -0.2) is 21.6 Å². The summed E-state index contributed by atoms with van der Waals surface area (Å²) in [5.41, 5.74) is 2.46. The lowest BCUT2D eigenvalue weighted by molar-refractivity contribution is 0.0993. The molecule has 7 nitrogen and oxygen atoms in total. The molecule has 3 aromatic rings. The minimum atomic E-state index is -0.322. The van der Waals surface area contributed by atoms with Crippen LogP contribution in [0.3, 0.4) is 0 Å². The lowest BCUT2D eigenvalue weighted by atomic mass is 10.2. The number of aryl methyl sites for hydroxylation is 3. The van der Waals surface area contributed by atoms with Crippen LogP contribution in [0.2, 0.25) is 0 Å². The first-order valence-corrected chi connectivity index (χ1v) is 8.29. The van der Waals surface area contributed by atoms with Crippen molar-refractivity contribution in [1.82, 2.24) is 9.78 Å².